The molecule has 2 aromatic rings. The van der Waals surface area contributed by atoms with Gasteiger partial charge in [0.15, 0.2) is 0 Å². The number of halogens is 6. The largest absolute Gasteiger partial charge is 0.478 e. The van der Waals surface area contributed by atoms with Gasteiger partial charge < -0.3 is 15.2 Å². The van der Waals surface area contributed by atoms with Crippen LogP contribution in [0, 0.1) is 0 Å². The Morgan fingerprint density at radius 1 is 1.00 bits per heavy atom. The highest BCUT2D eigenvalue weighted by Gasteiger charge is 2.34. The predicted octanol–water partition coefficient (Wildman–Crippen LogP) is 5.16. The quantitative estimate of drug-likeness (QED) is 0.203. The molecule has 0 spiro atoms. The summed E-state index contributed by atoms with van der Waals surface area (Å²) >= 11 is 0. The number of anilines is 1. The van der Waals surface area contributed by atoms with Gasteiger partial charge in [0.2, 0.25) is 11.4 Å². The van der Waals surface area contributed by atoms with E-state index in [0.29, 0.717) is 40.7 Å². The number of aliphatic carboxylic acids is 1. The molecule has 0 amide bonds. The van der Waals surface area contributed by atoms with E-state index in [1.165, 1.54) is 6.92 Å². The van der Waals surface area contributed by atoms with Gasteiger partial charge in [-0.15, -0.1) is 5.10 Å². The molecule has 0 bridgehead atoms. The summed E-state index contributed by atoms with van der Waals surface area (Å²) in [5.41, 5.74) is -2.66. The Labute approximate surface area is 232 Å². The van der Waals surface area contributed by atoms with Crippen LogP contribution in [-0.2, 0) is 24.3 Å². The third-order valence-corrected chi connectivity index (χ3v) is 6.15. The molecule has 2 N–H and O–H groups in total. The average Bonchev–Trinajstić information content (AvgIpc) is 2.85. The van der Waals surface area contributed by atoms with Crippen LogP contribution in [0.15, 0.2) is 33.9 Å². The summed E-state index contributed by atoms with van der Waals surface area (Å²) in [6.07, 6.45) is -10.7. The van der Waals surface area contributed by atoms with Crippen molar-refractivity contribution >= 4 is 11.8 Å². The maximum absolute atomic E-state index is 12.8. The van der Waals surface area contributed by atoms with E-state index in [0.717, 1.165) is 5.56 Å². The number of rotatable bonds is 16. The van der Waals surface area contributed by atoms with Crippen LogP contribution in [0.2, 0.25) is 0 Å². The smallest absolute Gasteiger partial charge is 0.389 e. The Morgan fingerprint density at radius 3 is 2.22 bits per heavy atom. The summed E-state index contributed by atoms with van der Waals surface area (Å²) in [5.74, 6) is -1.09. The van der Waals surface area contributed by atoms with Crippen LogP contribution in [0.25, 0.3) is 0 Å². The van der Waals surface area contributed by atoms with Gasteiger partial charge in [0.1, 0.15) is 5.75 Å². The van der Waals surface area contributed by atoms with Crippen molar-refractivity contribution in [3.8, 4) is 5.75 Å². The molecule has 0 saturated carbocycles. The summed E-state index contributed by atoms with van der Waals surface area (Å²) in [6, 6.07) is 6.80. The zero-order valence-corrected chi connectivity index (χ0v) is 22.8. The highest BCUT2D eigenvalue weighted by atomic mass is 19.4. The van der Waals surface area contributed by atoms with Crippen LogP contribution in [0.5, 0.6) is 5.75 Å². The van der Waals surface area contributed by atoms with Crippen LogP contribution in [0.3, 0.4) is 0 Å². The standard InChI is InChI=1S/C26H34F6N4O5/c1-3-11-24(2,22(38)39)41-19-10-4-8-18(17-19)9-5-14-33-20-21(37)35(15-6-12-25(27,28)29)23(40)36(34-20)16-7-13-26(30,31)32/h4,8,10,17H,3,5-7,9,11-16H2,1-2H3,(H,33,34)(H,38,39). The third-order valence-electron chi connectivity index (χ3n) is 6.15. The molecule has 41 heavy (non-hydrogen) atoms. The fraction of sp³-hybridized carbons (Fsp3) is 0.615. The second-order valence-electron chi connectivity index (χ2n) is 9.81. The minimum atomic E-state index is -4.51. The number of aryl methyl sites for hydroxylation is 2. The van der Waals surface area contributed by atoms with Crippen molar-refractivity contribution in [2.45, 2.75) is 96.3 Å². The molecule has 15 heteroatoms. The Kier molecular flexibility index (Phi) is 11.8. The maximum Gasteiger partial charge on any atom is 0.389 e. The van der Waals surface area contributed by atoms with Gasteiger partial charge in [-0.25, -0.2) is 14.3 Å². The van der Waals surface area contributed by atoms with Crippen molar-refractivity contribution in [2.75, 3.05) is 11.9 Å². The molecule has 1 atom stereocenters. The lowest BCUT2D eigenvalue weighted by Gasteiger charge is -2.26. The summed E-state index contributed by atoms with van der Waals surface area (Å²) in [6.45, 7) is 2.41. The van der Waals surface area contributed by atoms with E-state index in [4.69, 9.17) is 4.74 Å². The second kappa shape index (κ2) is 14.4. The van der Waals surface area contributed by atoms with Gasteiger partial charge in [-0.1, -0.05) is 25.5 Å². The highest BCUT2D eigenvalue weighted by Crippen LogP contribution is 2.25. The molecule has 1 aromatic heterocycles. The first-order valence-corrected chi connectivity index (χ1v) is 13.2. The van der Waals surface area contributed by atoms with Crippen molar-refractivity contribution in [1.82, 2.24) is 14.3 Å². The summed E-state index contributed by atoms with van der Waals surface area (Å²) in [5, 5.41) is 16.1. The Balaban J connectivity index is 2.13. The number of carboxylic acid groups (broad SMARTS) is 1. The van der Waals surface area contributed by atoms with Crippen molar-refractivity contribution < 1.29 is 41.0 Å². The summed E-state index contributed by atoms with van der Waals surface area (Å²) in [7, 11) is 0. The van der Waals surface area contributed by atoms with Crippen molar-refractivity contribution in [1.29, 1.82) is 0 Å². The minimum Gasteiger partial charge on any atom is -0.478 e. The zero-order valence-electron chi connectivity index (χ0n) is 22.8. The van der Waals surface area contributed by atoms with Crippen molar-refractivity contribution in [3.05, 3.63) is 50.7 Å². The first-order chi connectivity index (χ1) is 19.0. The second-order valence-corrected chi connectivity index (χ2v) is 9.81. The van der Waals surface area contributed by atoms with E-state index in [2.05, 4.69) is 10.4 Å². The molecule has 9 nitrogen and oxygen atoms in total. The van der Waals surface area contributed by atoms with Gasteiger partial charge in [0.25, 0.3) is 5.56 Å². The third kappa shape index (κ3) is 11.1. The Morgan fingerprint density at radius 2 is 1.63 bits per heavy atom. The Bertz CT molecular complexity index is 1270. The van der Waals surface area contributed by atoms with Crippen LogP contribution in [-0.4, -0.2) is 49.9 Å². The monoisotopic (exact) mass is 596 g/mol. The average molecular weight is 597 g/mol. The van der Waals surface area contributed by atoms with Gasteiger partial charge in [0.05, 0.1) is 0 Å². The van der Waals surface area contributed by atoms with Crippen molar-refractivity contribution in [3.63, 3.8) is 0 Å². The highest BCUT2D eigenvalue weighted by molar-refractivity contribution is 5.77. The first kappa shape index (κ1) is 33.7. The molecule has 0 aliphatic heterocycles. The number of hydrogen-bond donors (Lipinski definition) is 2. The van der Waals surface area contributed by atoms with Gasteiger partial charge in [-0.3, -0.25) is 9.36 Å². The number of nitrogens with one attached hydrogen (secondary N) is 1. The number of alkyl halides is 6. The molecule has 0 fully saturated rings. The van der Waals surface area contributed by atoms with Crippen LogP contribution >= 0.6 is 0 Å². The van der Waals surface area contributed by atoms with E-state index in [1.807, 2.05) is 6.92 Å². The molecule has 0 radical (unpaired) electrons. The molecule has 1 unspecified atom stereocenters. The van der Waals surface area contributed by atoms with Crippen LogP contribution in [0.4, 0.5) is 32.2 Å². The van der Waals surface area contributed by atoms with E-state index < -0.39 is 73.9 Å². The zero-order chi connectivity index (χ0) is 30.8. The summed E-state index contributed by atoms with van der Waals surface area (Å²) in [4.78, 5) is 37.0. The molecule has 0 saturated heterocycles. The fourth-order valence-corrected chi connectivity index (χ4v) is 4.08. The number of hydrogen-bond acceptors (Lipinski definition) is 6. The van der Waals surface area contributed by atoms with Gasteiger partial charge in [-0.05, 0) is 56.7 Å². The Hall–Kier alpha value is -3.52. The van der Waals surface area contributed by atoms with Gasteiger partial charge >= 0.3 is 24.0 Å². The normalized spacial score (nSPS) is 13.6. The lowest BCUT2D eigenvalue weighted by atomic mass is 10.0. The number of benzene rings is 1. The first-order valence-electron chi connectivity index (χ1n) is 13.2. The molecule has 0 aliphatic carbocycles. The molecule has 1 aromatic carbocycles. The molecule has 2 rings (SSSR count). The maximum atomic E-state index is 12.8. The minimum absolute atomic E-state index is 0.138. The lowest BCUT2D eigenvalue weighted by molar-refractivity contribution is -0.154. The SMILES string of the molecule is CCCC(C)(Oc1cccc(CCCNc2nn(CCCC(F)(F)F)c(=O)n(CCCC(F)(F)F)c2=O)c1)C(=O)O. The molecular weight excluding hydrogens is 562 g/mol. The molecule has 1 heterocycles. The number of carboxylic acids is 1. The van der Waals surface area contributed by atoms with Crippen LogP contribution < -0.4 is 21.3 Å². The number of carbonyl (C=O) groups is 1. The van der Waals surface area contributed by atoms with E-state index in [-0.39, 0.29) is 12.4 Å². The topological polar surface area (TPSA) is 115 Å². The molecular formula is C26H34F6N4O5. The number of nitrogens with zero attached hydrogens (tertiary/aromatic N) is 3. The summed E-state index contributed by atoms with van der Waals surface area (Å²) < 4.78 is 82.4. The van der Waals surface area contributed by atoms with E-state index >= 15 is 0 Å². The van der Waals surface area contributed by atoms with E-state index in [9.17, 15) is 45.8 Å². The van der Waals surface area contributed by atoms with Gasteiger partial charge in [-0.2, -0.15) is 26.3 Å². The van der Waals surface area contributed by atoms with Crippen molar-refractivity contribution in [2.24, 2.45) is 0 Å². The molecule has 0 aliphatic rings. The van der Waals surface area contributed by atoms with Crippen LogP contribution in [0.1, 0.15) is 64.4 Å². The number of ether oxygens (including phenoxy) is 1. The van der Waals surface area contributed by atoms with Gasteiger partial charge in [0, 0.05) is 32.5 Å². The fourth-order valence-electron chi connectivity index (χ4n) is 4.08. The van der Waals surface area contributed by atoms with E-state index in [1.54, 1.807) is 24.3 Å². The lowest BCUT2D eigenvalue weighted by Crippen LogP contribution is -2.43. The number of aromatic nitrogens is 3. The molecule has 230 valence electrons. The predicted molar refractivity (Wildman–Crippen MR) is 138 cm³/mol.